The Hall–Kier alpha value is -3.94. The van der Waals surface area contributed by atoms with Crippen LogP contribution in [0.5, 0.6) is 0 Å². The molecular weight excluding hydrogens is 370 g/mol. The summed E-state index contributed by atoms with van der Waals surface area (Å²) in [7, 11) is 0. The highest BCUT2D eigenvalue weighted by atomic mass is 16.2. The van der Waals surface area contributed by atoms with Gasteiger partial charge in [0.25, 0.3) is 17.7 Å². The number of hydrogen-bond donors (Lipinski definition) is 3. The molecule has 3 amide bonds. The van der Waals surface area contributed by atoms with E-state index < -0.39 is 11.9 Å². The number of nitrogens with one attached hydrogen (secondary N) is 3. The van der Waals surface area contributed by atoms with Crippen LogP contribution in [0.1, 0.15) is 17.3 Å². The van der Waals surface area contributed by atoms with E-state index in [2.05, 4.69) is 27.6 Å². The average Bonchev–Trinajstić information content (AvgIpc) is 2.74. The Bertz CT molecular complexity index is 971. The van der Waals surface area contributed by atoms with E-state index >= 15 is 0 Å². The van der Waals surface area contributed by atoms with Gasteiger partial charge in [0.1, 0.15) is 6.04 Å². The van der Waals surface area contributed by atoms with Crippen molar-refractivity contribution in [1.29, 1.82) is 0 Å². The smallest absolute Gasteiger partial charge is 0.292 e. The van der Waals surface area contributed by atoms with Crippen molar-refractivity contribution in [2.24, 2.45) is 4.99 Å². The van der Waals surface area contributed by atoms with Crippen LogP contribution in [-0.2, 0) is 9.59 Å². The number of nitrogens with zero attached hydrogens (tertiary/aromatic N) is 2. The molecule has 0 radical (unpaired) electrons. The molecule has 0 fully saturated rings. The lowest BCUT2D eigenvalue weighted by Crippen LogP contribution is -2.57. The summed E-state index contributed by atoms with van der Waals surface area (Å²) >= 11 is 0. The zero-order valence-corrected chi connectivity index (χ0v) is 15.9. The predicted octanol–water partition coefficient (Wildman–Crippen LogP) is 1.88. The fourth-order valence-corrected chi connectivity index (χ4v) is 2.74. The van der Waals surface area contributed by atoms with Crippen LogP contribution in [0.3, 0.4) is 0 Å². The van der Waals surface area contributed by atoms with Crippen molar-refractivity contribution in [3.05, 3.63) is 72.8 Å². The van der Waals surface area contributed by atoms with Crippen LogP contribution in [0.25, 0.3) is 0 Å². The largest absolute Gasteiger partial charge is 0.349 e. The Balaban J connectivity index is 1.81. The molecule has 0 bridgehead atoms. The van der Waals surface area contributed by atoms with Crippen LogP contribution >= 0.6 is 0 Å². The number of hydrazine groups is 1. The molecule has 3 N–H and O–H groups in total. The number of benzene rings is 2. The van der Waals surface area contributed by atoms with Crippen LogP contribution in [0.15, 0.2) is 72.2 Å². The molecule has 2 aromatic rings. The quantitative estimate of drug-likeness (QED) is 0.654. The molecule has 0 saturated carbocycles. The molecule has 0 saturated heterocycles. The van der Waals surface area contributed by atoms with Gasteiger partial charge in [-0.2, -0.15) is 0 Å². The predicted molar refractivity (Wildman–Crippen MR) is 112 cm³/mol. The van der Waals surface area contributed by atoms with E-state index in [1.54, 1.807) is 61.5 Å². The lowest BCUT2D eigenvalue weighted by Gasteiger charge is -2.30. The third-order valence-corrected chi connectivity index (χ3v) is 4.17. The maximum absolute atomic E-state index is 12.8. The van der Waals surface area contributed by atoms with E-state index in [-0.39, 0.29) is 17.6 Å². The first-order valence-electron chi connectivity index (χ1n) is 9.04. The Labute approximate surface area is 168 Å². The standard InChI is InChI=1S/C21H21N5O3/c1-3-13-22-19(27)16-11-7-8-12-17(16)24-20(28)18-23-14(2)21(29)26(25-18)15-9-5-4-6-10-15/h3-12,14H,1,13H2,2H3,(H,22,27)(H,23,25)(H,24,28)/t14-/m1/s1. The molecule has 0 unspecified atom stereocenters. The second kappa shape index (κ2) is 8.83. The summed E-state index contributed by atoms with van der Waals surface area (Å²) in [5.74, 6) is -1.21. The lowest BCUT2D eigenvalue weighted by molar-refractivity contribution is -0.120. The molecule has 0 aromatic heterocycles. The van der Waals surface area contributed by atoms with Crippen molar-refractivity contribution >= 4 is 34.9 Å². The number of anilines is 2. The minimum atomic E-state index is -0.733. The number of rotatable bonds is 6. The number of hydrogen-bond acceptors (Lipinski definition) is 5. The molecule has 2 aromatic carbocycles. The van der Waals surface area contributed by atoms with Crippen molar-refractivity contribution in [3.63, 3.8) is 0 Å². The summed E-state index contributed by atoms with van der Waals surface area (Å²) in [6.45, 7) is 5.48. The third kappa shape index (κ3) is 4.49. The van der Waals surface area contributed by atoms with Crippen molar-refractivity contribution in [1.82, 2.24) is 10.7 Å². The number of carbonyl (C=O) groups excluding carboxylic acids is 3. The van der Waals surface area contributed by atoms with Gasteiger partial charge in [-0.05, 0) is 31.2 Å². The minimum Gasteiger partial charge on any atom is -0.349 e. The SMILES string of the molecule is C=CCNC(=O)c1ccccc1NC(=O)C1=N[C@H](C)C(=O)N(c2ccccc2)N1. The van der Waals surface area contributed by atoms with Crippen LogP contribution in [-0.4, -0.2) is 36.1 Å². The zero-order chi connectivity index (χ0) is 20.8. The molecule has 29 heavy (non-hydrogen) atoms. The summed E-state index contributed by atoms with van der Waals surface area (Å²) in [6.07, 6.45) is 1.57. The molecule has 1 aliphatic heterocycles. The molecular formula is C21H21N5O3. The molecule has 0 spiro atoms. The number of aliphatic imine (C=N–C) groups is 1. The first-order valence-corrected chi connectivity index (χ1v) is 9.04. The van der Waals surface area contributed by atoms with Gasteiger partial charge in [0, 0.05) is 6.54 Å². The number of para-hydroxylation sites is 2. The molecule has 1 aliphatic rings. The van der Waals surface area contributed by atoms with Gasteiger partial charge >= 0.3 is 0 Å². The van der Waals surface area contributed by atoms with Gasteiger partial charge < -0.3 is 10.6 Å². The van der Waals surface area contributed by atoms with Gasteiger partial charge in [-0.3, -0.25) is 19.8 Å². The normalized spacial score (nSPS) is 15.8. The molecule has 3 rings (SSSR count). The van der Waals surface area contributed by atoms with Gasteiger partial charge in [-0.25, -0.2) is 10.0 Å². The highest BCUT2D eigenvalue weighted by Gasteiger charge is 2.31. The maximum atomic E-state index is 12.8. The van der Waals surface area contributed by atoms with Gasteiger partial charge in [0.15, 0.2) is 0 Å². The molecule has 1 heterocycles. The van der Waals surface area contributed by atoms with Crippen molar-refractivity contribution in [3.8, 4) is 0 Å². The Morgan fingerprint density at radius 3 is 2.55 bits per heavy atom. The van der Waals surface area contributed by atoms with Crippen LogP contribution in [0.4, 0.5) is 11.4 Å². The third-order valence-electron chi connectivity index (χ3n) is 4.17. The highest BCUT2D eigenvalue weighted by molar-refractivity contribution is 6.43. The van der Waals surface area contributed by atoms with E-state index in [4.69, 9.17) is 0 Å². The van der Waals surface area contributed by atoms with Crippen molar-refractivity contribution in [2.45, 2.75) is 13.0 Å². The zero-order valence-electron chi connectivity index (χ0n) is 15.9. The van der Waals surface area contributed by atoms with Crippen molar-refractivity contribution in [2.75, 3.05) is 16.9 Å². The summed E-state index contributed by atoms with van der Waals surface area (Å²) < 4.78 is 0. The Morgan fingerprint density at radius 2 is 1.83 bits per heavy atom. The maximum Gasteiger partial charge on any atom is 0.292 e. The molecule has 0 aliphatic carbocycles. The first-order chi connectivity index (χ1) is 14.0. The van der Waals surface area contributed by atoms with Crippen LogP contribution < -0.4 is 21.1 Å². The molecule has 8 heteroatoms. The molecule has 1 atom stereocenters. The van der Waals surface area contributed by atoms with E-state index in [1.807, 2.05) is 6.07 Å². The summed E-state index contributed by atoms with van der Waals surface area (Å²) in [5.41, 5.74) is 3.99. The first kappa shape index (κ1) is 19.8. The fraction of sp³-hybridized carbons (Fsp3) is 0.143. The summed E-state index contributed by atoms with van der Waals surface area (Å²) in [6, 6.07) is 14.8. The van der Waals surface area contributed by atoms with E-state index in [0.717, 1.165) is 0 Å². The summed E-state index contributed by atoms with van der Waals surface area (Å²) in [4.78, 5) is 41.7. The Kier molecular flexibility index (Phi) is 6.03. The molecule has 148 valence electrons. The summed E-state index contributed by atoms with van der Waals surface area (Å²) in [5, 5.41) is 6.65. The Morgan fingerprint density at radius 1 is 1.14 bits per heavy atom. The fourth-order valence-electron chi connectivity index (χ4n) is 2.74. The van der Waals surface area contributed by atoms with Gasteiger partial charge in [0.2, 0.25) is 5.84 Å². The van der Waals surface area contributed by atoms with Gasteiger partial charge in [-0.15, -0.1) is 6.58 Å². The molecule has 8 nitrogen and oxygen atoms in total. The average molecular weight is 391 g/mol. The number of carbonyl (C=O) groups is 3. The van der Waals surface area contributed by atoms with E-state index in [0.29, 0.717) is 23.5 Å². The van der Waals surface area contributed by atoms with E-state index in [9.17, 15) is 14.4 Å². The number of amides is 3. The van der Waals surface area contributed by atoms with Crippen molar-refractivity contribution < 1.29 is 14.4 Å². The lowest BCUT2D eigenvalue weighted by atomic mass is 10.1. The van der Waals surface area contributed by atoms with Crippen LogP contribution in [0.2, 0.25) is 0 Å². The second-order valence-electron chi connectivity index (χ2n) is 6.27. The minimum absolute atomic E-state index is 0.0257. The number of amidine groups is 1. The topological polar surface area (TPSA) is 103 Å². The second-order valence-corrected chi connectivity index (χ2v) is 6.27. The highest BCUT2D eigenvalue weighted by Crippen LogP contribution is 2.18. The van der Waals surface area contributed by atoms with Gasteiger partial charge in [-0.1, -0.05) is 36.4 Å². The van der Waals surface area contributed by atoms with Crippen LogP contribution in [0, 0.1) is 0 Å². The van der Waals surface area contributed by atoms with Gasteiger partial charge in [0.05, 0.1) is 16.9 Å². The van der Waals surface area contributed by atoms with E-state index in [1.165, 1.54) is 5.01 Å². The monoisotopic (exact) mass is 391 g/mol.